The van der Waals surface area contributed by atoms with E-state index in [1.54, 1.807) is 12.1 Å². The molecule has 1 aliphatic heterocycles. The lowest BCUT2D eigenvalue weighted by Crippen LogP contribution is -2.31. The summed E-state index contributed by atoms with van der Waals surface area (Å²) < 4.78 is 52.6. The van der Waals surface area contributed by atoms with Crippen LogP contribution in [0, 0.1) is 0 Å². The van der Waals surface area contributed by atoms with E-state index in [-0.39, 0.29) is 18.8 Å². The molecule has 3 aromatic rings. The Morgan fingerprint density at radius 2 is 1.93 bits per heavy atom. The number of rotatable bonds is 3. The number of hydrogen-bond donors (Lipinski definition) is 2. The highest BCUT2D eigenvalue weighted by atomic mass is 19.4. The van der Waals surface area contributed by atoms with Gasteiger partial charge < -0.3 is 15.3 Å². The van der Waals surface area contributed by atoms with E-state index in [1.807, 2.05) is 0 Å². The van der Waals surface area contributed by atoms with Gasteiger partial charge in [0.15, 0.2) is 0 Å². The molecular formula is C19H15F4N5O2. The Balaban J connectivity index is 1.68. The minimum atomic E-state index is -4.49. The van der Waals surface area contributed by atoms with E-state index in [4.69, 9.17) is 5.11 Å². The Labute approximate surface area is 167 Å². The number of hydrogen-bond acceptors (Lipinski definition) is 5. The number of aromatic nitrogens is 3. The van der Waals surface area contributed by atoms with Crippen molar-refractivity contribution in [3.05, 3.63) is 48.4 Å². The first-order chi connectivity index (χ1) is 14.2. The lowest BCUT2D eigenvalue weighted by molar-refractivity contribution is -0.137. The van der Waals surface area contributed by atoms with Crippen molar-refractivity contribution in [1.29, 1.82) is 0 Å². The molecule has 0 aromatic carbocycles. The summed E-state index contributed by atoms with van der Waals surface area (Å²) >= 11 is 0. The molecule has 0 unspecified atom stereocenters. The van der Waals surface area contributed by atoms with Gasteiger partial charge in [-0.25, -0.2) is 14.2 Å². The number of halogens is 4. The first-order valence-electron chi connectivity index (χ1n) is 8.90. The number of nitrogens with one attached hydrogen (secondary N) is 1. The zero-order valence-corrected chi connectivity index (χ0v) is 15.3. The summed E-state index contributed by atoms with van der Waals surface area (Å²) in [4.78, 5) is 24.5. The van der Waals surface area contributed by atoms with Gasteiger partial charge in [-0.15, -0.1) is 0 Å². The van der Waals surface area contributed by atoms with Gasteiger partial charge in [0, 0.05) is 36.1 Å². The van der Waals surface area contributed by atoms with Crippen LogP contribution >= 0.6 is 0 Å². The first-order valence-corrected chi connectivity index (χ1v) is 8.90. The fourth-order valence-corrected chi connectivity index (χ4v) is 3.33. The van der Waals surface area contributed by atoms with E-state index >= 15 is 0 Å². The molecule has 0 saturated carbocycles. The molecule has 4 heterocycles. The standard InChI is InChI=1S/C19H15F4N5O2/c20-13-8-28(18(29)30)9-15(13)27-17-11-2-1-5-24-16(11)12(7-26-17)14-4-3-10(6-25-14)19(21,22)23/h1-7,13,15H,8-9H2,(H,26,27)(H,29,30)/t13-,15+/m0/s1. The van der Waals surface area contributed by atoms with Crippen molar-refractivity contribution >= 4 is 22.8 Å². The number of likely N-dealkylation sites (tertiary alicyclic amines) is 1. The van der Waals surface area contributed by atoms with Crippen LogP contribution in [0.25, 0.3) is 22.2 Å². The zero-order valence-electron chi connectivity index (χ0n) is 15.3. The van der Waals surface area contributed by atoms with Crippen molar-refractivity contribution in [1.82, 2.24) is 19.9 Å². The number of anilines is 1. The maximum Gasteiger partial charge on any atom is 0.417 e. The Bertz CT molecular complexity index is 1090. The molecule has 2 N–H and O–H groups in total. The quantitative estimate of drug-likeness (QED) is 0.625. The molecule has 0 spiro atoms. The van der Waals surface area contributed by atoms with Gasteiger partial charge >= 0.3 is 12.3 Å². The minimum absolute atomic E-state index is 0.0395. The summed E-state index contributed by atoms with van der Waals surface area (Å²) in [5.74, 6) is 0.300. The van der Waals surface area contributed by atoms with Crippen LogP contribution < -0.4 is 5.32 Å². The largest absolute Gasteiger partial charge is 0.465 e. The van der Waals surface area contributed by atoms with E-state index in [1.165, 1.54) is 18.5 Å². The fourth-order valence-electron chi connectivity index (χ4n) is 3.33. The van der Waals surface area contributed by atoms with E-state index in [0.717, 1.165) is 17.2 Å². The topological polar surface area (TPSA) is 91.2 Å². The molecule has 1 amide bonds. The molecule has 156 valence electrons. The average molecular weight is 421 g/mol. The second-order valence-corrected chi connectivity index (χ2v) is 6.80. The van der Waals surface area contributed by atoms with Crippen LogP contribution in [-0.2, 0) is 6.18 Å². The molecule has 0 aliphatic carbocycles. The summed E-state index contributed by atoms with van der Waals surface area (Å²) in [5.41, 5.74) is 0.228. The molecule has 2 atom stereocenters. The Hall–Kier alpha value is -3.50. The van der Waals surface area contributed by atoms with Crippen LogP contribution in [0.1, 0.15) is 5.56 Å². The number of carboxylic acid groups (broad SMARTS) is 1. The van der Waals surface area contributed by atoms with Gasteiger partial charge in [-0.2, -0.15) is 13.2 Å². The van der Waals surface area contributed by atoms with E-state index in [2.05, 4.69) is 20.3 Å². The van der Waals surface area contributed by atoms with Crippen molar-refractivity contribution < 1.29 is 27.5 Å². The number of nitrogens with zero attached hydrogens (tertiary/aromatic N) is 4. The predicted octanol–water partition coefficient (Wildman–Crippen LogP) is 3.82. The molecule has 3 aromatic heterocycles. The second kappa shape index (κ2) is 7.39. The summed E-state index contributed by atoms with van der Waals surface area (Å²) in [6.45, 7) is -0.279. The molecular weight excluding hydrogens is 406 g/mol. The third kappa shape index (κ3) is 3.70. The van der Waals surface area contributed by atoms with Crippen molar-refractivity contribution in [2.75, 3.05) is 18.4 Å². The average Bonchev–Trinajstić information content (AvgIpc) is 3.08. The van der Waals surface area contributed by atoms with Crippen LogP contribution in [0.3, 0.4) is 0 Å². The Morgan fingerprint density at radius 3 is 2.57 bits per heavy atom. The molecule has 0 radical (unpaired) electrons. The summed E-state index contributed by atoms with van der Waals surface area (Å²) in [6, 6.07) is 4.70. The lowest BCUT2D eigenvalue weighted by Gasteiger charge is -2.17. The van der Waals surface area contributed by atoms with Crippen LogP contribution in [0.5, 0.6) is 0 Å². The van der Waals surface area contributed by atoms with Crippen molar-refractivity contribution in [3.8, 4) is 11.3 Å². The second-order valence-electron chi connectivity index (χ2n) is 6.80. The highest BCUT2D eigenvalue weighted by Gasteiger charge is 2.36. The van der Waals surface area contributed by atoms with Gasteiger partial charge in [0.25, 0.3) is 0 Å². The Kier molecular flexibility index (Phi) is 4.88. The van der Waals surface area contributed by atoms with Crippen molar-refractivity contribution in [2.24, 2.45) is 0 Å². The van der Waals surface area contributed by atoms with Gasteiger partial charge in [0.1, 0.15) is 12.0 Å². The molecule has 0 bridgehead atoms. The van der Waals surface area contributed by atoms with Crippen LogP contribution in [0.4, 0.5) is 28.2 Å². The van der Waals surface area contributed by atoms with Gasteiger partial charge in [-0.1, -0.05) is 0 Å². The molecule has 30 heavy (non-hydrogen) atoms. The first kappa shape index (κ1) is 19.8. The number of pyridine rings is 3. The number of fused-ring (bicyclic) bond motifs is 1. The van der Waals surface area contributed by atoms with Gasteiger partial charge in [0.2, 0.25) is 0 Å². The molecule has 1 fully saturated rings. The summed E-state index contributed by atoms with van der Waals surface area (Å²) in [5, 5.41) is 12.5. The molecule has 4 rings (SSSR count). The smallest absolute Gasteiger partial charge is 0.417 e. The van der Waals surface area contributed by atoms with E-state index < -0.39 is 30.0 Å². The van der Waals surface area contributed by atoms with Gasteiger partial charge in [-0.05, 0) is 24.3 Å². The highest BCUT2D eigenvalue weighted by molar-refractivity contribution is 5.98. The third-order valence-electron chi connectivity index (χ3n) is 4.85. The van der Waals surface area contributed by atoms with E-state index in [0.29, 0.717) is 22.3 Å². The SMILES string of the molecule is O=C(O)N1C[C@H](F)[C@H](Nc2ncc(-c3ccc(C(F)(F)F)cn3)c3ncccc23)C1. The maximum absolute atomic E-state index is 14.2. The number of alkyl halides is 4. The third-order valence-corrected chi connectivity index (χ3v) is 4.85. The molecule has 1 saturated heterocycles. The van der Waals surface area contributed by atoms with Gasteiger partial charge in [-0.3, -0.25) is 9.97 Å². The molecule has 7 nitrogen and oxygen atoms in total. The van der Waals surface area contributed by atoms with Crippen molar-refractivity contribution in [2.45, 2.75) is 18.4 Å². The summed E-state index contributed by atoms with van der Waals surface area (Å²) in [7, 11) is 0. The highest BCUT2D eigenvalue weighted by Crippen LogP contribution is 2.33. The van der Waals surface area contributed by atoms with Crippen LogP contribution in [0.2, 0.25) is 0 Å². The monoisotopic (exact) mass is 421 g/mol. The lowest BCUT2D eigenvalue weighted by atomic mass is 10.1. The van der Waals surface area contributed by atoms with Crippen molar-refractivity contribution in [3.63, 3.8) is 0 Å². The molecule has 11 heteroatoms. The summed E-state index contributed by atoms with van der Waals surface area (Å²) in [6.07, 6.45) is -3.46. The van der Waals surface area contributed by atoms with Crippen LogP contribution in [0.15, 0.2) is 42.9 Å². The van der Waals surface area contributed by atoms with Crippen LogP contribution in [-0.4, -0.2) is 56.4 Å². The minimum Gasteiger partial charge on any atom is -0.465 e. The number of carbonyl (C=O) groups is 1. The maximum atomic E-state index is 14.2. The molecule has 1 aliphatic rings. The zero-order chi connectivity index (χ0) is 21.5. The Morgan fingerprint density at radius 1 is 1.13 bits per heavy atom. The van der Waals surface area contributed by atoms with E-state index in [9.17, 15) is 22.4 Å². The fraction of sp³-hybridized carbons (Fsp3) is 0.263. The predicted molar refractivity (Wildman–Crippen MR) is 99.7 cm³/mol. The number of amides is 1. The van der Waals surface area contributed by atoms with Gasteiger partial charge in [0.05, 0.1) is 29.4 Å². The normalized spacial score (nSPS) is 19.3.